The predicted molar refractivity (Wildman–Crippen MR) is 246 cm³/mol. The van der Waals surface area contributed by atoms with Crippen molar-refractivity contribution in [3.63, 3.8) is 0 Å². The summed E-state index contributed by atoms with van der Waals surface area (Å²) in [5.74, 6) is -1.49. The Morgan fingerprint density at radius 3 is 1.51 bits per heavy atom. The maximum Gasteiger partial charge on any atom is 0.436 e. The number of amides is 3. The molecule has 3 amide bonds. The van der Waals surface area contributed by atoms with Crippen molar-refractivity contribution in [2.24, 2.45) is 5.73 Å². The van der Waals surface area contributed by atoms with E-state index < -0.39 is 52.9 Å². The van der Waals surface area contributed by atoms with E-state index in [0.717, 1.165) is 9.36 Å². The van der Waals surface area contributed by atoms with Gasteiger partial charge < -0.3 is 34.8 Å². The summed E-state index contributed by atoms with van der Waals surface area (Å²) in [7, 11) is 2.87. The number of nitriles is 1. The van der Waals surface area contributed by atoms with Gasteiger partial charge in [0.25, 0.3) is 11.7 Å². The van der Waals surface area contributed by atoms with E-state index in [1.807, 2.05) is 9.80 Å². The molecule has 25 heteroatoms. The van der Waals surface area contributed by atoms with E-state index >= 15 is 0 Å². The van der Waals surface area contributed by atoms with Gasteiger partial charge in [-0.2, -0.15) is 41.8 Å². The number of halogens is 9. The zero-order chi connectivity index (χ0) is 51.4. The van der Waals surface area contributed by atoms with Crippen molar-refractivity contribution in [3.8, 4) is 28.7 Å². The second kappa shape index (κ2) is 21.5. The van der Waals surface area contributed by atoms with Crippen LogP contribution in [0.5, 0.6) is 11.5 Å². The van der Waals surface area contributed by atoms with Crippen molar-refractivity contribution >= 4 is 69.7 Å². The van der Waals surface area contributed by atoms with Crippen LogP contribution in [-0.2, 0) is 35.0 Å². The number of aromatic nitrogens is 4. The quantitative estimate of drug-likeness (QED) is 0.0782. The molecular weight excluding hydrogens is 997 g/mol. The van der Waals surface area contributed by atoms with E-state index in [1.54, 1.807) is 53.4 Å². The first-order chi connectivity index (χ1) is 33.0. The van der Waals surface area contributed by atoms with Gasteiger partial charge in [0.15, 0.2) is 11.4 Å². The van der Waals surface area contributed by atoms with Crippen LogP contribution in [-0.4, -0.2) is 119 Å². The molecule has 2 aromatic heterocycles. The zero-order valence-corrected chi connectivity index (χ0v) is 40.0. The van der Waals surface area contributed by atoms with Crippen LogP contribution in [0, 0.1) is 25.2 Å². The monoisotopic (exact) mass is 1040 g/mol. The number of nitrogens with zero attached hydrogens (tertiary/aromatic N) is 9. The number of methoxy groups -OCH3 is 2. The predicted octanol–water partition coefficient (Wildman–Crippen LogP) is 7.57. The number of carbonyl (C=O) groups is 4. The minimum absolute atomic E-state index is 0.0404. The number of primary amides is 1. The number of rotatable bonds is 11. The fourth-order valence-electron chi connectivity index (χ4n) is 7.92. The lowest BCUT2D eigenvalue weighted by Gasteiger charge is -2.37. The summed E-state index contributed by atoms with van der Waals surface area (Å²) in [6, 6.07) is 15.7. The highest BCUT2D eigenvalue weighted by Gasteiger charge is 2.40. The van der Waals surface area contributed by atoms with Gasteiger partial charge in [-0.3, -0.25) is 28.5 Å². The Kier molecular flexibility index (Phi) is 16.2. The molecule has 0 unspecified atom stereocenters. The third-order valence-electron chi connectivity index (χ3n) is 11.6. The second-order valence-electron chi connectivity index (χ2n) is 15.8. The largest absolute Gasteiger partial charge is 0.495 e. The molecule has 2 saturated heterocycles. The van der Waals surface area contributed by atoms with Crippen LogP contribution in [0.1, 0.15) is 43.5 Å². The molecule has 372 valence electrons. The van der Waals surface area contributed by atoms with Crippen molar-refractivity contribution in [2.75, 3.05) is 76.4 Å². The van der Waals surface area contributed by atoms with Gasteiger partial charge in [-0.25, -0.2) is 0 Å². The number of anilines is 2. The Bertz CT molecular complexity index is 2840. The number of carbonyl (C=O) groups excluding carboxylic acids is 4. The third-order valence-corrected chi connectivity index (χ3v) is 12.7. The summed E-state index contributed by atoms with van der Waals surface area (Å²) in [6.45, 7) is 4.60. The highest BCUT2D eigenvalue weighted by Crippen LogP contribution is 2.40. The van der Waals surface area contributed by atoms with Crippen LogP contribution in [0.15, 0.2) is 54.6 Å². The minimum Gasteiger partial charge on any atom is -0.495 e. The molecule has 5 aromatic rings. The van der Waals surface area contributed by atoms with Gasteiger partial charge in [0.05, 0.1) is 57.5 Å². The number of alkyl halides is 6. The Labute approximate surface area is 411 Å². The standard InChI is InChI=1S/C25H25ClF3N5O3.C20H18Cl2F3N5O3/c1-15-22(16-6-4-3-5-7-16)23(25(27,28)29)31-34(15)14-21(35)33-10-8-32(9-11-33)19-13-20(37-2)18(26)12-17(19)24(30)36;1-11-18(22)19(20(23,24)25)27-30(11)10-17(32)29-5-3-28(4-6-29)14-8-16(33-2)13(21)7-12(14)15(31)9-26/h3-7,12-13H,8-11,14H2,1-2H3,(H2,30,36);7-8H,3-6,10H2,1-2H3. The number of Topliss-reactive ketones (excluding diaryl/α,β-unsaturated/α-hetero) is 1. The molecule has 16 nitrogen and oxygen atoms in total. The molecule has 0 radical (unpaired) electrons. The lowest BCUT2D eigenvalue weighted by molar-refractivity contribution is -0.142. The summed E-state index contributed by atoms with van der Waals surface area (Å²) in [5.41, 5.74) is 5.23. The fourth-order valence-corrected chi connectivity index (χ4v) is 8.64. The van der Waals surface area contributed by atoms with E-state index in [9.17, 15) is 45.5 Å². The lowest BCUT2D eigenvalue weighted by Crippen LogP contribution is -2.50. The number of hydrogen-bond acceptors (Lipinski definition) is 11. The smallest absolute Gasteiger partial charge is 0.436 e. The number of benzene rings is 3. The zero-order valence-electron chi connectivity index (χ0n) is 37.7. The number of piperazine rings is 2. The maximum atomic E-state index is 13.8. The number of hydrogen-bond donors (Lipinski definition) is 1. The molecule has 0 atom stereocenters. The Hall–Kier alpha value is -6.70. The average molecular weight is 1040 g/mol. The van der Waals surface area contributed by atoms with Crippen molar-refractivity contribution < 1.29 is 55.0 Å². The molecule has 2 fully saturated rings. The number of nitrogens with two attached hydrogens (primary N) is 1. The molecule has 2 aliphatic heterocycles. The average Bonchev–Trinajstić information content (AvgIpc) is 3.82. The molecule has 0 bridgehead atoms. The van der Waals surface area contributed by atoms with Gasteiger partial charge in [-0.1, -0.05) is 65.1 Å². The van der Waals surface area contributed by atoms with Gasteiger partial charge in [-0.05, 0) is 31.5 Å². The number of ketones is 1. The van der Waals surface area contributed by atoms with Crippen LogP contribution in [0.4, 0.5) is 37.7 Å². The molecular formula is C45H43Cl3F6N10O6. The van der Waals surface area contributed by atoms with E-state index in [1.165, 1.54) is 45.1 Å². The summed E-state index contributed by atoms with van der Waals surface area (Å²) in [4.78, 5) is 56.5. The minimum atomic E-state index is -4.72. The summed E-state index contributed by atoms with van der Waals surface area (Å²) in [5, 5.41) is 16.2. The topological polar surface area (TPSA) is 185 Å². The first-order valence-electron chi connectivity index (χ1n) is 21.0. The van der Waals surface area contributed by atoms with Gasteiger partial charge in [0.2, 0.25) is 11.8 Å². The van der Waals surface area contributed by atoms with E-state index in [-0.39, 0.29) is 63.7 Å². The lowest BCUT2D eigenvalue weighted by atomic mass is 10.0. The summed E-state index contributed by atoms with van der Waals surface area (Å²) >= 11 is 18.0. The van der Waals surface area contributed by atoms with E-state index in [0.29, 0.717) is 67.7 Å². The fraction of sp³-hybridized carbons (Fsp3) is 0.356. The maximum absolute atomic E-state index is 13.8. The molecule has 0 saturated carbocycles. The third kappa shape index (κ3) is 11.5. The first kappa shape index (κ1) is 52.7. The highest BCUT2D eigenvalue weighted by atomic mass is 35.5. The van der Waals surface area contributed by atoms with Gasteiger partial charge in [0, 0.05) is 75.7 Å². The second-order valence-corrected chi connectivity index (χ2v) is 17.0. The first-order valence-corrected chi connectivity index (χ1v) is 22.2. The Morgan fingerprint density at radius 2 is 1.10 bits per heavy atom. The molecule has 0 aliphatic carbocycles. The van der Waals surface area contributed by atoms with Gasteiger partial charge in [0.1, 0.15) is 30.7 Å². The molecule has 0 spiro atoms. The van der Waals surface area contributed by atoms with E-state index in [2.05, 4.69) is 10.2 Å². The molecule has 7 rings (SSSR count). The number of ether oxygens (including phenoxy) is 2. The van der Waals surface area contributed by atoms with Crippen LogP contribution in [0.25, 0.3) is 11.1 Å². The van der Waals surface area contributed by atoms with Crippen molar-refractivity contribution in [1.29, 1.82) is 5.26 Å². The van der Waals surface area contributed by atoms with Crippen LogP contribution in [0.3, 0.4) is 0 Å². The summed E-state index contributed by atoms with van der Waals surface area (Å²) < 4.78 is 92.8. The molecule has 2 N–H and O–H groups in total. The van der Waals surface area contributed by atoms with Gasteiger partial charge >= 0.3 is 12.4 Å². The highest BCUT2D eigenvalue weighted by molar-refractivity contribution is 6.33. The van der Waals surface area contributed by atoms with Crippen LogP contribution < -0.4 is 25.0 Å². The Morgan fingerprint density at radius 1 is 0.671 bits per heavy atom. The SMILES string of the molecule is COc1cc(N2CCN(C(=O)Cn3nc(C(F)(F)F)c(-c4ccccc4)c3C)CC2)c(C(N)=O)cc1Cl.COc1cc(N2CCN(C(=O)Cn3nc(C(F)(F)F)c(Cl)c3C)CC2)c(C(=O)C#N)cc1Cl. The van der Waals surface area contributed by atoms with Crippen molar-refractivity contribution in [3.05, 3.63) is 104 Å². The molecule has 3 aromatic carbocycles. The molecule has 70 heavy (non-hydrogen) atoms. The molecule has 4 heterocycles. The van der Waals surface area contributed by atoms with E-state index in [4.69, 9.17) is 55.3 Å². The molecule has 2 aliphatic rings. The van der Waals surface area contributed by atoms with Crippen molar-refractivity contribution in [2.45, 2.75) is 39.3 Å². The van der Waals surface area contributed by atoms with Crippen LogP contribution in [0.2, 0.25) is 15.1 Å². The van der Waals surface area contributed by atoms with Crippen LogP contribution >= 0.6 is 34.8 Å². The van der Waals surface area contributed by atoms with Crippen molar-refractivity contribution in [1.82, 2.24) is 29.4 Å². The van der Waals surface area contributed by atoms with Gasteiger partial charge in [-0.15, -0.1) is 0 Å². The normalized spacial score (nSPS) is 14.2. The summed E-state index contributed by atoms with van der Waals surface area (Å²) in [6.07, 6.45) is -9.40. The Balaban J connectivity index is 0.000000231.